The monoisotopic (exact) mass is 299 g/mol. The normalized spacial score (nSPS) is 19.7. The van der Waals surface area contributed by atoms with E-state index in [-0.39, 0.29) is 0 Å². The number of piperidine rings is 1. The highest BCUT2D eigenvalue weighted by Crippen LogP contribution is 2.21. The molecule has 0 saturated carbocycles. The van der Waals surface area contributed by atoms with Gasteiger partial charge in [-0.05, 0) is 52.6 Å². The first-order valence-electron chi connectivity index (χ1n) is 8.16. The van der Waals surface area contributed by atoms with Crippen LogP contribution in [0.5, 0.6) is 0 Å². The van der Waals surface area contributed by atoms with E-state index in [1.807, 2.05) is 29.5 Å². The Hall–Kier alpha value is -1.75. The number of likely N-dealkylation sites (tertiary alicyclic amines) is 1. The van der Waals surface area contributed by atoms with Gasteiger partial charge in [0.1, 0.15) is 0 Å². The molecule has 1 aliphatic rings. The first-order valence-corrected chi connectivity index (χ1v) is 8.16. The van der Waals surface area contributed by atoms with E-state index in [1.54, 1.807) is 0 Å². The second-order valence-corrected chi connectivity index (χ2v) is 6.67. The lowest BCUT2D eigenvalue weighted by Gasteiger charge is -2.29. The van der Waals surface area contributed by atoms with Crippen molar-refractivity contribution in [2.24, 2.45) is 5.92 Å². The predicted octanol–water partition coefficient (Wildman–Crippen LogP) is 2.81. The molecule has 1 fully saturated rings. The predicted molar refractivity (Wildman–Crippen MR) is 87.6 cm³/mol. The Bertz CT molecular complexity index is 619. The van der Waals surface area contributed by atoms with Crippen LogP contribution in [-0.2, 0) is 6.42 Å². The van der Waals surface area contributed by atoms with Crippen LogP contribution in [0.15, 0.2) is 24.8 Å². The van der Waals surface area contributed by atoms with Gasteiger partial charge in [0, 0.05) is 30.5 Å². The number of rotatable bonds is 4. The molecule has 0 aromatic carbocycles. The van der Waals surface area contributed by atoms with Gasteiger partial charge in [-0.15, -0.1) is 0 Å². The van der Waals surface area contributed by atoms with Crippen LogP contribution in [0.25, 0.3) is 11.3 Å². The van der Waals surface area contributed by atoms with Crippen LogP contribution in [-0.4, -0.2) is 44.8 Å². The van der Waals surface area contributed by atoms with Gasteiger partial charge in [0.15, 0.2) is 0 Å². The summed E-state index contributed by atoms with van der Waals surface area (Å²) in [6, 6.07) is 0.364. The molecule has 1 aliphatic heterocycles. The van der Waals surface area contributed by atoms with E-state index in [0.29, 0.717) is 12.0 Å². The Balaban J connectivity index is 1.74. The molecule has 0 radical (unpaired) electrons. The molecule has 118 valence electrons. The summed E-state index contributed by atoms with van der Waals surface area (Å²) in [5.41, 5.74) is 3.06. The fraction of sp³-hybridized carbons (Fsp3) is 0.588. The lowest BCUT2D eigenvalue weighted by molar-refractivity contribution is 0.208. The SMILES string of the molecule is CC(C)n1cc(-c2cncc(C[C@@H]3CCCN(C)C3)n2)cn1. The molecule has 0 spiro atoms. The zero-order chi connectivity index (χ0) is 15.5. The zero-order valence-electron chi connectivity index (χ0n) is 13.7. The summed E-state index contributed by atoms with van der Waals surface area (Å²) in [4.78, 5) is 11.6. The maximum atomic E-state index is 4.80. The molecule has 5 nitrogen and oxygen atoms in total. The van der Waals surface area contributed by atoms with Crippen molar-refractivity contribution in [3.05, 3.63) is 30.5 Å². The van der Waals surface area contributed by atoms with Crippen molar-refractivity contribution >= 4 is 0 Å². The average Bonchev–Trinajstić information content (AvgIpc) is 2.97. The van der Waals surface area contributed by atoms with E-state index in [4.69, 9.17) is 4.98 Å². The van der Waals surface area contributed by atoms with Crippen LogP contribution < -0.4 is 0 Å². The van der Waals surface area contributed by atoms with Crippen molar-refractivity contribution in [3.63, 3.8) is 0 Å². The van der Waals surface area contributed by atoms with Crippen LogP contribution >= 0.6 is 0 Å². The number of hydrogen-bond acceptors (Lipinski definition) is 4. The minimum absolute atomic E-state index is 0.364. The first-order chi connectivity index (χ1) is 10.6. The molecule has 0 unspecified atom stereocenters. The van der Waals surface area contributed by atoms with Crippen molar-refractivity contribution in [3.8, 4) is 11.3 Å². The summed E-state index contributed by atoms with van der Waals surface area (Å²) >= 11 is 0. The molecular weight excluding hydrogens is 274 g/mol. The van der Waals surface area contributed by atoms with Gasteiger partial charge in [-0.2, -0.15) is 5.10 Å². The molecule has 0 amide bonds. The van der Waals surface area contributed by atoms with Crippen molar-refractivity contribution in [2.75, 3.05) is 20.1 Å². The van der Waals surface area contributed by atoms with Crippen LogP contribution in [0.2, 0.25) is 0 Å². The highest BCUT2D eigenvalue weighted by molar-refractivity contribution is 5.55. The largest absolute Gasteiger partial charge is 0.306 e. The Morgan fingerprint density at radius 3 is 2.86 bits per heavy atom. The molecule has 0 aliphatic carbocycles. The van der Waals surface area contributed by atoms with Crippen molar-refractivity contribution in [1.29, 1.82) is 0 Å². The third-order valence-electron chi connectivity index (χ3n) is 4.33. The topological polar surface area (TPSA) is 46.8 Å². The fourth-order valence-electron chi connectivity index (χ4n) is 3.13. The summed E-state index contributed by atoms with van der Waals surface area (Å²) in [5, 5.41) is 4.39. The maximum absolute atomic E-state index is 4.80. The Labute approximate surface area is 132 Å². The first kappa shape index (κ1) is 15.2. The van der Waals surface area contributed by atoms with Crippen molar-refractivity contribution < 1.29 is 0 Å². The lowest BCUT2D eigenvalue weighted by atomic mass is 9.94. The molecule has 22 heavy (non-hydrogen) atoms. The Kier molecular flexibility index (Phi) is 4.52. The molecule has 3 heterocycles. The van der Waals surface area contributed by atoms with Gasteiger partial charge in [0.25, 0.3) is 0 Å². The molecule has 0 N–H and O–H groups in total. The van der Waals surface area contributed by atoms with Gasteiger partial charge in [-0.3, -0.25) is 9.67 Å². The van der Waals surface area contributed by atoms with Gasteiger partial charge in [0.2, 0.25) is 0 Å². The fourth-order valence-corrected chi connectivity index (χ4v) is 3.13. The van der Waals surface area contributed by atoms with Gasteiger partial charge in [-0.1, -0.05) is 0 Å². The standard InChI is InChI=1S/C17H25N5/c1-13(2)22-12-15(8-19-22)17-10-18-9-16(20-17)7-14-5-4-6-21(3)11-14/h8-10,12-14H,4-7,11H2,1-3H3/t14-/m0/s1. The lowest BCUT2D eigenvalue weighted by Crippen LogP contribution is -2.33. The number of hydrogen-bond donors (Lipinski definition) is 0. The summed E-state index contributed by atoms with van der Waals surface area (Å²) in [7, 11) is 2.20. The van der Waals surface area contributed by atoms with Crippen LogP contribution in [0.3, 0.4) is 0 Å². The van der Waals surface area contributed by atoms with Gasteiger partial charge >= 0.3 is 0 Å². The van der Waals surface area contributed by atoms with Gasteiger partial charge in [-0.25, -0.2) is 4.98 Å². The second kappa shape index (κ2) is 6.57. The van der Waals surface area contributed by atoms with Crippen molar-refractivity contribution in [2.45, 2.75) is 39.2 Å². The van der Waals surface area contributed by atoms with Crippen LogP contribution in [0.1, 0.15) is 38.4 Å². The minimum atomic E-state index is 0.364. The Morgan fingerprint density at radius 1 is 1.27 bits per heavy atom. The molecule has 3 rings (SSSR count). The summed E-state index contributed by atoms with van der Waals surface area (Å²) < 4.78 is 1.96. The third-order valence-corrected chi connectivity index (χ3v) is 4.33. The Morgan fingerprint density at radius 2 is 2.14 bits per heavy atom. The summed E-state index contributed by atoms with van der Waals surface area (Å²) in [6.45, 7) is 6.63. The average molecular weight is 299 g/mol. The van der Waals surface area contributed by atoms with Gasteiger partial charge in [0.05, 0.1) is 23.8 Å². The number of aromatic nitrogens is 4. The molecule has 1 saturated heterocycles. The molecule has 2 aromatic rings. The van der Waals surface area contributed by atoms with Crippen LogP contribution in [0, 0.1) is 5.92 Å². The zero-order valence-corrected chi connectivity index (χ0v) is 13.7. The van der Waals surface area contributed by atoms with Gasteiger partial charge < -0.3 is 4.90 Å². The van der Waals surface area contributed by atoms with E-state index in [2.05, 4.69) is 35.9 Å². The minimum Gasteiger partial charge on any atom is -0.306 e. The molecule has 0 bridgehead atoms. The number of nitrogens with zero attached hydrogens (tertiary/aromatic N) is 5. The van der Waals surface area contributed by atoms with Crippen LogP contribution in [0.4, 0.5) is 0 Å². The molecular formula is C17H25N5. The van der Waals surface area contributed by atoms with Crippen molar-refractivity contribution in [1.82, 2.24) is 24.6 Å². The summed E-state index contributed by atoms with van der Waals surface area (Å²) in [6.07, 6.45) is 11.3. The van der Waals surface area contributed by atoms with E-state index in [9.17, 15) is 0 Å². The van der Waals surface area contributed by atoms with E-state index >= 15 is 0 Å². The third kappa shape index (κ3) is 3.53. The second-order valence-electron chi connectivity index (χ2n) is 6.67. The smallest absolute Gasteiger partial charge is 0.0920 e. The molecule has 5 heteroatoms. The molecule has 2 aromatic heterocycles. The van der Waals surface area contributed by atoms with E-state index < -0.39 is 0 Å². The summed E-state index contributed by atoms with van der Waals surface area (Å²) in [5.74, 6) is 0.696. The maximum Gasteiger partial charge on any atom is 0.0920 e. The highest BCUT2D eigenvalue weighted by atomic mass is 15.3. The van der Waals surface area contributed by atoms with E-state index in [1.165, 1.54) is 19.4 Å². The molecule has 1 atom stereocenters. The van der Waals surface area contributed by atoms with E-state index in [0.717, 1.165) is 29.9 Å². The quantitative estimate of drug-likeness (QED) is 0.871. The highest BCUT2D eigenvalue weighted by Gasteiger charge is 2.18.